The number of anilines is 1. The third kappa shape index (κ3) is 4.09. The van der Waals surface area contributed by atoms with Crippen LogP contribution in [0.2, 0.25) is 0 Å². The first kappa shape index (κ1) is 24.6. The number of carbonyl (C=O) groups excluding carboxylic acids is 5. The highest BCUT2D eigenvalue weighted by Gasteiger charge is 2.47. The summed E-state index contributed by atoms with van der Waals surface area (Å²) in [5.41, 5.74) is 1.49. The topological polar surface area (TPSA) is 114 Å². The maximum atomic E-state index is 13.1. The Balaban J connectivity index is 0.903. The number of imide groups is 2. The van der Waals surface area contributed by atoms with Crippen LogP contribution in [0.3, 0.4) is 0 Å². The fourth-order valence-electron chi connectivity index (χ4n) is 6.97. The number of rotatable bonds is 4. The van der Waals surface area contributed by atoms with Crippen molar-refractivity contribution in [2.45, 2.75) is 44.2 Å². The summed E-state index contributed by atoms with van der Waals surface area (Å²) in [5.74, 6) is -0.965. The van der Waals surface area contributed by atoms with Gasteiger partial charge in [0, 0.05) is 69.3 Å². The van der Waals surface area contributed by atoms with Gasteiger partial charge in [-0.25, -0.2) is 4.79 Å². The zero-order chi connectivity index (χ0) is 26.8. The molecule has 39 heavy (non-hydrogen) atoms. The molecular formula is C28H34N6O5. The molecule has 0 bridgehead atoms. The molecule has 7 rings (SSSR count). The van der Waals surface area contributed by atoms with E-state index in [0.29, 0.717) is 29.0 Å². The van der Waals surface area contributed by atoms with E-state index >= 15 is 0 Å². The number of piperidine rings is 2. The number of nitrogens with one attached hydrogen (secondary N) is 1. The minimum absolute atomic E-state index is 0.103. The van der Waals surface area contributed by atoms with Crippen LogP contribution in [0.4, 0.5) is 10.5 Å². The Kier molecular flexibility index (Phi) is 5.87. The Morgan fingerprint density at radius 2 is 1.46 bits per heavy atom. The first-order chi connectivity index (χ1) is 18.9. The highest BCUT2D eigenvalue weighted by atomic mass is 16.2. The van der Waals surface area contributed by atoms with Gasteiger partial charge in [-0.1, -0.05) is 6.42 Å². The van der Waals surface area contributed by atoms with Crippen molar-refractivity contribution in [1.29, 1.82) is 0 Å². The van der Waals surface area contributed by atoms with E-state index in [0.717, 1.165) is 49.9 Å². The first-order valence-electron chi connectivity index (χ1n) is 14.3. The molecule has 6 aliphatic heterocycles. The molecule has 1 aromatic carbocycles. The highest BCUT2D eigenvalue weighted by molar-refractivity contribution is 6.23. The molecule has 1 atom stereocenters. The van der Waals surface area contributed by atoms with E-state index in [-0.39, 0.29) is 24.8 Å². The Morgan fingerprint density at radius 3 is 2.18 bits per heavy atom. The molecule has 0 aromatic heterocycles. The lowest BCUT2D eigenvalue weighted by atomic mass is 9.80. The van der Waals surface area contributed by atoms with Gasteiger partial charge in [-0.05, 0) is 50.6 Å². The molecule has 0 aliphatic carbocycles. The summed E-state index contributed by atoms with van der Waals surface area (Å²) in [6, 6.07) is 5.03. The van der Waals surface area contributed by atoms with Gasteiger partial charge in [-0.15, -0.1) is 0 Å². The minimum atomic E-state index is -0.955. The monoisotopic (exact) mass is 534 g/mol. The van der Waals surface area contributed by atoms with Crippen LogP contribution in [0.5, 0.6) is 0 Å². The lowest BCUT2D eigenvalue weighted by molar-refractivity contribution is -0.136. The highest BCUT2D eigenvalue weighted by Crippen LogP contribution is 2.37. The van der Waals surface area contributed by atoms with Gasteiger partial charge in [0.05, 0.1) is 11.1 Å². The van der Waals surface area contributed by atoms with Crippen molar-refractivity contribution in [1.82, 2.24) is 24.9 Å². The second kappa shape index (κ2) is 9.32. The lowest BCUT2D eigenvalue weighted by Crippen LogP contribution is -2.68. The van der Waals surface area contributed by atoms with Gasteiger partial charge >= 0.3 is 6.03 Å². The molecule has 0 spiro atoms. The molecule has 6 aliphatic rings. The van der Waals surface area contributed by atoms with Crippen molar-refractivity contribution in [3.8, 4) is 0 Å². The summed E-state index contributed by atoms with van der Waals surface area (Å²) in [5, 5.41) is 2.23. The largest absolute Gasteiger partial charge is 0.371 e. The predicted molar refractivity (Wildman–Crippen MR) is 140 cm³/mol. The van der Waals surface area contributed by atoms with Crippen LogP contribution >= 0.6 is 0 Å². The Bertz CT molecular complexity index is 1240. The van der Waals surface area contributed by atoms with Crippen molar-refractivity contribution in [2.75, 3.05) is 57.3 Å². The SMILES string of the molecule is O=C1CCC(N2C(=O)c3ccc(N4CC(C5CN(C(=O)N6CC(N7CCCCC7)C6)C5)C4)cc3C2=O)C(=O)N1. The number of hydrogen-bond donors (Lipinski definition) is 1. The normalized spacial score (nSPS) is 26.8. The third-order valence-electron chi connectivity index (χ3n) is 9.59. The van der Waals surface area contributed by atoms with Crippen molar-refractivity contribution in [3.05, 3.63) is 29.3 Å². The van der Waals surface area contributed by atoms with Gasteiger partial charge in [0.2, 0.25) is 11.8 Å². The van der Waals surface area contributed by atoms with E-state index in [1.165, 1.54) is 32.4 Å². The van der Waals surface area contributed by atoms with E-state index in [4.69, 9.17) is 0 Å². The Hall–Kier alpha value is -3.47. The van der Waals surface area contributed by atoms with E-state index < -0.39 is 23.8 Å². The molecule has 5 saturated heterocycles. The standard InChI is InChI=1S/C28H34N6O5/c35-24-7-6-23(25(36)29-24)34-26(37)21-5-4-19(10-22(21)27(34)38)31-11-17(12-31)18-13-32(14-18)28(39)33-15-20(16-33)30-8-2-1-3-9-30/h4-5,10,17-18,20,23H,1-3,6-9,11-16H2,(H,29,35,36). The van der Waals surface area contributed by atoms with Crippen molar-refractivity contribution in [3.63, 3.8) is 0 Å². The lowest BCUT2D eigenvalue weighted by Gasteiger charge is -2.54. The van der Waals surface area contributed by atoms with E-state index in [9.17, 15) is 24.0 Å². The number of nitrogens with zero attached hydrogens (tertiary/aromatic N) is 5. The summed E-state index contributed by atoms with van der Waals surface area (Å²) < 4.78 is 0. The number of likely N-dealkylation sites (tertiary alicyclic amines) is 3. The fourth-order valence-corrected chi connectivity index (χ4v) is 6.97. The van der Waals surface area contributed by atoms with Crippen LogP contribution in [0.1, 0.15) is 52.8 Å². The molecule has 1 aromatic rings. The number of carbonyl (C=O) groups is 5. The number of amides is 6. The summed E-state index contributed by atoms with van der Waals surface area (Å²) >= 11 is 0. The average molecular weight is 535 g/mol. The molecule has 0 saturated carbocycles. The fraction of sp³-hybridized carbons (Fsp3) is 0.607. The van der Waals surface area contributed by atoms with Crippen molar-refractivity contribution < 1.29 is 24.0 Å². The number of benzene rings is 1. The molecule has 206 valence electrons. The van der Waals surface area contributed by atoms with E-state index in [1.54, 1.807) is 12.1 Å². The van der Waals surface area contributed by atoms with Crippen LogP contribution in [-0.4, -0.2) is 114 Å². The molecule has 1 unspecified atom stereocenters. The van der Waals surface area contributed by atoms with Crippen LogP contribution in [-0.2, 0) is 9.59 Å². The van der Waals surface area contributed by atoms with Crippen LogP contribution < -0.4 is 10.2 Å². The molecule has 0 radical (unpaired) electrons. The van der Waals surface area contributed by atoms with Crippen molar-refractivity contribution in [2.24, 2.45) is 11.8 Å². The Labute approximate surface area is 227 Å². The van der Waals surface area contributed by atoms with Gasteiger partial charge in [0.15, 0.2) is 0 Å². The van der Waals surface area contributed by atoms with Crippen LogP contribution in [0.25, 0.3) is 0 Å². The average Bonchev–Trinajstić information content (AvgIpc) is 3.09. The molecular weight excluding hydrogens is 500 g/mol. The molecule has 1 N–H and O–H groups in total. The molecule has 6 amide bonds. The van der Waals surface area contributed by atoms with Crippen molar-refractivity contribution >= 4 is 35.3 Å². The van der Waals surface area contributed by atoms with Gasteiger partial charge < -0.3 is 14.7 Å². The molecule has 5 fully saturated rings. The first-order valence-corrected chi connectivity index (χ1v) is 14.3. The number of hydrogen-bond acceptors (Lipinski definition) is 7. The van der Waals surface area contributed by atoms with Gasteiger partial charge in [0.1, 0.15) is 6.04 Å². The molecule has 11 heteroatoms. The Morgan fingerprint density at radius 1 is 0.795 bits per heavy atom. The smallest absolute Gasteiger partial charge is 0.320 e. The molecule has 6 heterocycles. The second-order valence-electron chi connectivity index (χ2n) is 11.9. The third-order valence-corrected chi connectivity index (χ3v) is 9.59. The second-order valence-corrected chi connectivity index (χ2v) is 11.9. The predicted octanol–water partition coefficient (Wildman–Crippen LogP) is 0.746. The van der Waals surface area contributed by atoms with Gasteiger partial charge in [0.25, 0.3) is 11.8 Å². The van der Waals surface area contributed by atoms with E-state index in [2.05, 4.69) is 15.1 Å². The van der Waals surface area contributed by atoms with Crippen LogP contribution in [0, 0.1) is 11.8 Å². The van der Waals surface area contributed by atoms with Gasteiger partial charge in [-0.2, -0.15) is 0 Å². The minimum Gasteiger partial charge on any atom is -0.371 e. The summed E-state index contributed by atoms with van der Waals surface area (Å²) in [6.07, 6.45) is 4.13. The maximum absolute atomic E-state index is 13.1. The quantitative estimate of drug-likeness (QED) is 0.567. The summed E-state index contributed by atoms with van der Waals surface area (Å²) in [6.45, 7) is 7.37. The summed E-state index contributed by atoms with van der Waals surface area (Å²) in [7, 11) is 0. The van der Waals surface area contributed by atoms with Crippen LogP contribution in [0.15, 0.2) is 18.2 Å². The van der Waals surface area contributed by atoms with Gasteiger partial charge in [-0.3, -0.25) is 34.3 Å². The van der Waals surface area contributed by atoms with E-state index in [1.807, 2.05) is 15.9 Å². The summed E-state index contributed by atoms with van der Waals surface area (Å²) in [4.78, 5) is 72.4. The zero-order valence-corrected chi connectivity index (χ0v) is 22.0. The molecule has 11 nitrogen and oxygen atoms in total. The zero-order valence-electron chi connectivity index (χ0n) is 22.0. The number of fused-ring (bicyclic) bond motifs is 1. The number of urea groups is 1. The maximum Gasteiger partial charge on any atom is 0.320 e.